The molecule has 3 unspecified atom stereocenters. The molecule has 464 valence electrons. The molecule has 3 aromatic rings. The number of carbonyl (C=O) groups is 6. The van der Waals surface area contributed by atoms with Gasteiger partial charge in [0.25, 0.3) is 5.97 Å². The van der Waals surface area contributed by atoms with Crippen molar-refractivity contribution >= 4 is 46.7 Å². The van der Waals surface area contributed by atoms with E-state index in [9.17, 15) is 29.1 Å². The first-order valence-corrected chi connectivity index (χ1v) is 32.5. The number of carboxylic acid groups (broad SMARTS) is 1. The summed E-state index contributed by atoms with van der Waals surface area (Å²) in [6.07, 6.45) is 16.2. The number of aliphatic hydroxyl groups is 1. The summed E-state index contributed by atoms with van der Waals surface area (Å²) in [4.78, 5) is 72.6. The van der Waals surface area contributed by atoms with Crippen molar-refractivity contribution in [3.63, 3.8) is 0 Å². The molecule has 0 spiro atoms. The molecule has 1 aliphatic heterocycles. The lowest BCUT2D eigenvalue weighted by atomic mass is 9.49. The number of carboxylic acids is 1. The predicted octanol–water partition coefficient (Wildman–Crippen LogP) is 15.1. The highest BCUT2D eigenvalue weighted by Gasteiger charge is 2.61. The number of carbonyl (C=O) groups excluding carboxylic acids is 5. The molecule has 8 saturated carbocycles. The first kappa shape index (κ1) is 67.9. The van der Waals surface area contributed by atoms with E-state index < -0.39 is 39.9 Å². The first-order valence-electron chi connectivity index (χ1n) is 31.3. The number of aliphatic carboxylic acids is 1. The van der Waals surface area contributed by atoms with E-state index in [1.165, 1.54) is 53.2 Å². The molecule has 12 rings (SSSR count). The highest BCUT2D eigenvalue weighted by atomic mass is 32.2. The quantitative estimate of drug-likeness (QED) is 0.0597. The van der Waals surface area contributed by atoms with Gasteiger partial charge in [0.2, 0.25) is 6.10 Å². The van der Waals surface area contributed by atoms with Crippen LogP contribution in [0, 0.1) is 57.2 Å². The van der Waals surface area contributed by atoms with Gasteiger partial charge in [0.1, 0.15) is 17.0 Å². The summed E-state index contributed by atoms with van der Waals surface area (Å²) >= 11 is 0. The van der Waals surface area contributed by atoms with Crippen molar-refractivity contribution in [3.8, 4) is 5.75 Å². The molecule has 3 aromatic carbocycles. The standard InChI is InChI=1S/C24H25O2S.C18H30O2.C16H26O3.C10H16O4.C2H4O2/c1-4-24(2,3)23(25)26-19-15-17-22(18-16-19)27(20-11-7-5-8-12-20)21-13-9-6-10-14-21;1-5-17(3,4)16(19)20-18(6-2)14-8-12-7-13(10-14)11-15(18)9-12;1-4-14(2,3)13(17)19-16-8-11-5-12(9-16)7-15(18,6-11)10-16;1-4-10(2,3)9(12)14-7-5-6-13-8(7)11;1-2(3)4/h5-18H,4H2,1-3H3;12-15H,5-11H2,1-4H3;11-12,18H,4-10H2,1-3H3;7H,4-6H2,1-3H3;1H3,(H,3,4)/q+1;;;;. The summed E-state index contributed by atoms with van der Waals surface area (Å²) in [5, 5.41) is 18.1. The van der Waals surface area contributed by atoms with Gasteiger partial charge in [0.15, 0.2) is 14.7 Å². The normalized spacial score (nSPS) is 27.9. The number of ether oxygens (including phenoxy) is 5. The number of esters is 5. The molecule has 0 amide bonds. The Morgan fingerprint density at radius 1 is 0.560 bits per heavy atom. The van der Waals surface area contributed by atoms with Crippen LogP contribution in [-0.2, 0) is 58.6 Å². The lowest BCUT2D eigenvalue weighted by Gasteiger charge is -2.60. The maximum absolute atomic E-state index is 12.6. The first-order chi connectivity index (χ1) is 39.4. The fourth-order valence-corrected chi connectivity index (χ4v) is 15.6. The number of rotatable bonds is 16. The van der Waals surface area contributed by atoms with E-state index >= 15 is 0 Å². The molecular formula is C70H101O13S+. The van der Waals surface area contributed by atoms with Gasteiger partial charge in [-0.05, 0) is 236 Å². The van der Waals surface area contributed by atoms with E-state index in [1.807, 2.05) is 86.6 Å². The van der Waals surface area contributed by atoms with Crippen molar-refractivity contribution in [2.75, 3.05) is 6.61 Å². The molecule has 2 N–H and O–H groups in total. The second-order valence-corrected chi connectivity index (χ2v) is 29.9. The Morgan fingerprint density at radius 3 is 1.37 bits per heavy atom. The van der Waals surface area contributed by atoms with Crippen LogP contribution < -0.4 is 4.74 Å². The van der Waals surface area contributed by atoms with Crippen molar-refractivity contribution in [1.29, 1.82) is 0 Å². The largest absolute Gasteiger partial charge is 0.481 e. The van der Waals surface area contributed by atoms with Crippen molar-refractivity contribution in [2.24, 2.45) is 57.2 Å². The van der Waals surface area contributed by atoms with Crippen LogP contribution in [-0.4, -0.2) is 75.5 Å². The Morgan fingerprint density at radius 2 is 0.964 bits per heavy atom. The molecule has 14 heteroatoms. The molecule has 0 radical (unpaired) electrons. The third kappa shape index (κ3) is 16.9. The van der Waals surface area contributed by atoms with Gasteiger partial charge >= 0.3 is 29.8 Å². The number of hydrogen-bond donors (Lipinski definition) is 2. The maximum Gasteiger partial charge on any atom is 0.347 e. The third-order valence-electron chi connectivity index (χ3n) is 19.8. The van der Waals surface area contributed by atoms with Crippen molar-refractivity contribution in [1.82, 2.24) is 0 Å². The molecule has 1 saturated heterocycles. The molecule has 3 atom stereocenters. The molecule has 9 aliphatic rings. The topological polar surface area (TPSA) is 189 Å². The minimum absolute atomic E-state index is 0.0364. The molecule has 1 heterocycles. The number of benzene rings is 3. The van der Waals surface area contributed by atoms with Gasteiger partial charge in [0, 0.05) is 19.8 Å². The second-order valence-electron chi connectivity index (χ2n) is 27.9. The lowest BCUT2D eigenvalue weighted by Crippen LogP contribution is -2.61. The average molecular weight is 1180 g/mol. The molecule has 13 nitrogen and oxygen atoms in total. The van der Waals surface area contributed by atoms with Crippen LogP contribution in [0.3, 0.4) is 0 Å². The third-order valence-corrected chi connectivity index (χ3v) is 22.0. The second kappa shape index (κ2) is 28.1. The van der Waals surface area contributed by atoms with Crippen LogP contribution >= 0.6 is 0 Å². The van der Waals surface area contributed by atoms with E-state index in [0.29, 0.717) is 55.3 Å². The van der Waals surface area contributed by atoms with Crippen molar-refractivity contribution in [3.05, 3.63) is 84.9 Å². The SMILES string of the molecule is CC(=O)O.CCC(C)(C)C(=O)OC1(CC)C2CC3CC(C2)CC1C3.CCC(C)(C)C(=O)OC12CC3CC(CC(O)(C3)C1)C2.CCC(C)(C)C(=O)OC1CCOC1=O.CCC(C)(C)C(=O)Oc1ccc([S+](c2ccccc2)c2ccccc2)cc1. The minimum atomic E-state index is -0.833. The van der Waals surface area contributed by atoms with Crippen LogP contribution in [0.5, 0.6) is 5.75 Å². The van der Waals surface area contributed by atoms with Gasteiger partial charge in [-0.2, -0.15) is 0 Å². The zero-order chi connectivity index (χ0) is 62.1. The Hall–Kier alpha value is -5.21. The predicted molar refractivity (Wildman–Crippen MR) is 327 cm³/mol. The highest BCUT2D eigenvalue weighted by Crippen LogP contribution is 2.62. The smallest absolute Gasteiger partial charge is 0.347 e. The number of hydrogen-bond acceptors (Lipinski definition) is 12. The van der Waals surface area contributed by atoms with Gasteiger partial charge < -0.3 is 33.9 Å². The van der Waals surface area contributed by atoms with Crippen molar-refractivity contribution < 1.29 is 62.7 Å². The Labute approximate surface area is 505 Å². The van der Waals surface area contributed by atoms with E-state index in [2.05, 4.69) is 74.5 Å². The van der Waals surface area contributed by atoms with Gasteiger partial charge in [-0.25, -0.2) is 4.79 Å². The van der Waals surface area contributed by atoms with Crippen LogP contribution in [0.25, 0.3) is 0 Å². The lowest BCUT2D eigenvalue weighted by molar-refractivity contribution is -0.225. The summed E-state index contributed by atoms with van der Waals surface area (Å²) in [5.74, 6) is 3.01. The highest BCUT2D eigenvalue weighted by molar-refractivity contribution is 7.97. The summed E-state index contributed by atoms with van der Waals surface area (Å²) in [5.41, 5.74) is -2.79. The summed E-state index contributed by atoms with van der Waals surface area (Å²) in [7, 11) is -0.195. The van der Waals surface area contributed by atoms with Crippen LogP contribution in [0.2, 0.25) is 0 Å². The molecule has 8 aliphatic carbocycles. The van der Waals surface area contributed by atoms with Gasteiger partial charge in [-0.3, -0.25) is 24.0 Å². The molecule has 8 bridgehead atoms. The van der Waals surface area contributed by atoms with Gasteiger partial charge in [0.05, 0.1) is 44.8 Å². The van der Waals surface area contributed by atoms with E-state index in [4.69, 9.17) is 33.6 Å². The summed E-state index contributed by atoms with van der Waals surface area (Å²) in [6, 6.07) is 28.9. The fourth-order valence-electron chi connectivity index (χ4n) is 13.6. The Kier molecular flexibility index (Phi) is 22.7. The minimum Gasteiger partial charge on any atom is -0.481 e. The van der Waals surface area contributed by atoms with Gasteiger partial charge in [-0.15, -0.1) is 0 Å². The zero-order valence-corrected chi connectivity index (χ0v) is 54.0. The molecule has 9 fully saturated rings. The van der Waals surface area contributed by atoms with Crippen LogP contribution in [0.4, 0.5) is 0 Å². The molecule has 0 aromatic heterocycles. The monoisotopic (exact) mass is 1180 g/mol. The van der Waals surface area contributed by atoms with E-state index in [0.717, 1.165) is 70.1 Å². The summed E-state index contributed by atoms with van der Waals surface area (Å²) in [6.45, 7) is 27.0. The Bertz CT molecular complexity index is 2610. The van der Waals surface area contributed by atoms with Crippen LogP contribution in [0.15, 0.2) is 99.6 Å². The number of cyclic esters (lactones) is 1. The zero-order valence-electron chi connectivity index (χ0n) is 53.1. The van der Waals surface area contributed by atoms with E-state index in [-0.39, 0.29) is 51.4 Å². The molecular weight excluding hydrogens is 1080 g/mol. The average Bonchev–Trinajstić information content (AvgIpc) is 1.07. The summed E-state index contributed by atoms with van der Waals surface area (Å²) < 4.78 is 27.6. The molecule has 84 heavy (non-hydrogen) atoms. The van der Waals surface area contributed by atoms with Gasteiger partial charge in [-0.1, -0.05) is 71.0 Å². The maximum atomic E-state index is 12.6. The fraction of sp³-hybridized carbons (Fsp3) is 0.657. The van der Waals surface area contributed by atoms with E-state index in [1.54, 1.807) is 13.8 Å². The van der Waals surface area contributed by atoms with Crippen LogP contribution in [0.1, 0.15) is 206 Å². The Balaban J connectivity index is 0.000000180. The van der Waals surface area contributed by atoms with Crippen molar-refractivity contribution in [2.45, 2.75) is 244 Å².